The van der Waals surface area contributed by atoms with E-state index in [-0.39, 0.29) is 0 Å². The Morgan fingerprint density at radius 3 is 2.41 bits per heavy atom. The molecule has 1 saturated heterocycles. The van der Waals surface area contributed by atoms with E-state index in [0.29, 0.717) is 0 Å². The highest BCUT2D eigenvalue weighted by molar-refractivity contribution is 6.62. The molecule has 22 heavy (non-hydrogen) atoms. The van der Waals surface area contributed by atoms with Crippen molar-refractivity contribution in [3.05, 3.63) is 42.0 Å². The summed E-state index contributed by atoms with van der Waals surface area (Å²) >= 11 is 0. The first-order valence-corrected chi connectivity index (χ1v) is 7.58. The summed E-state index contributed by atoms with van der Waals surface area (Å²) < 4.78 is 17.8. The highest BCUT2D eigenvalue weighted by atomic mass is 16.7. The second-order valence-corrected chi connectivity index (χ2v) is 6.35. The Bertz CT molecular complexity index is 607. The summed E-state index contributed by atoms with van der Waals surface area (Å²) in [6, 6.07) is 4.11. The standard InChI is InChI=1S/C18H25BO3/c1-8-10-14-12-15(11-13(3)16(14)20-7)19-21-17(4,5)18(6,9-2)22-19/h8-12H,2H2,1,3-7H3. The molecule has 0 radical (unpaired) electrons. The maximum Gasteiger partial charge on any atom is 0.495 e. The molecule has 1 aliphatic heterocycles. The molecule has 3 nitrogen and oxygen atoms in total. The Kier molecular flexibility index (Phi) is 4.55. The Hall–Kier alpha value is -1.52. The Morgan fingerprint density at radius 2 is 1.91 bits per heavy atom. The van der Waals surface area contributed by atoms with Crippen LogP contribution in [0.1, 0.15) is 38.8 Å². The van der Waals surface area contributed by atoms with Crippen molar-refractivity contribution in [2.24, 2.45) is 0 Å². The van der Waals surface area contributed by atoms with Crippen LogP contribution in [0.25, 0.3) is 6.08 Å². The Labute approximate surface area is 134 Å². The normalized spacial score (nSPS) is 24.0. The topological polar surface area (TPSA) is 27.7 Å². The highest BCUT2D eigenvalue weighted by Crippen LogP contribution is 2.38. The molecule has 1 aliphatic rings. The van der Waals surface area contributed by atoms with Crippen LogP contribution in [0.3, 0.4) is 0 Å². The van der Waals surface area contributed by atoms with Crippen LogP contribution in [0.4, 0.5) is 0 Å². The monoisotopic (exact) mass is 300 g/mol. The van der Waals surface area contributed by atoms with E-state index in [1.165, 1.54) is 0 Å². The maximum atomic E-state index is 6.16. The molecule has 1 atom stereocenters. The number of ether oxygens (including phenoxy) is 1. The molecule has 0 amide bonds. The van der Waals surface area contributed by atoms with Crippen LogP contribution >= 0.6 is 0 Å². The van der Waals surface area contributed by atoms with Gasteiger partial charge in [0.15, 0.2) is 0 Å². The lowest BCUT2D eigenvalue weighted by Crippen LogP contribution is -2.42. The van der Waals surface area contributed by atoms with Crippen LogP contribution in [-0.2, 0) is 9.31 Å². The van der Waals surface area contributed by atoms with Crippen molar-refractivity contribution in [2.75, 3.05) is 7.11 Å². The third-order valence-corrected chi connectivity index (χ3v) is 4.49. The van der Waals surface area contributed by atoms with Crippen LogP contribution < -0.4 is 10.2 Å². The average molecular weight is 300 g/mol. The largest absolute Gasteiger partial charge is 0.496 e. The molecule has 0 spiro atoms. The van der Waals surface area contributed by atoms with Gasteiger partial charge in [0.1, 0.15) is 5.75 Å². The van der Waals surface area contributed by atoms with E-state index in [9.17, 15) is 0 Å². The number of methoxy groups -OCH3 is 1. The highest BCUT2D eigenvalue weighted by Gasteiger charge is 2.53. The predicted molar refractivity (Wildman–Crippen MR) is 92.7 cm³/mol. The summed E-state index contributed by atoms with van der Waals surface area (Å²) in [6.45, 7) is 14.0. The van der Waals surface area contributed by atoms with Gasteiger partial charge in [-0.15, -0.1) is 6.58 Å². The number of benzene rings is 1. The molecule has 0 bridgehead atoms. The van der Waals surface area contributed by atoms with Crippen molar-refractivity contribution >= 4 is 18.7 Å². The van der Waals surface area contributed by atoms with E-state index in [1.54, 1.807) is 7.11 Å². The van der Waals surface area contributed by atoms with Gasteiger partial charge in [0.25, 0.3) is 0 Å². The van der Waals surface area contributed by atoms with Gasteiger partial charge in [-0.3, -0.25) is 0 Å². The SMILES string of the molecule is C=CC1(C)OB(c2cc(C)c(OC)c(C=CC)c2)OC1(C)C. The van der Waals surface area contributed by atoms with Crippen molar-refractivity contribution in [1.82, 2.24) is 0 Å². The quantitative estimate of drug-likeness (QED) is 0.629. The molecule has 1 unspecified atom stereocenters. The summed E-state index contributed by atoms with van der Waals surface area (Å²) in [5, 5.41) is 0. The van der Waals surface area contributed by atoms with Gasteiger partial charge >= 0.3 is 7.12 Å². The second-order valence-electron chi connectivity index (χ2n) is 6.35. The number of hydrogen-bond acceptors (Lipinski definition) is 3. The molecule has 0 N–H and O–H groups in total. The van der Waals surface area contributed by atoms with Crippen molar-refractivity contribution < 1.29 is 14.0 Å². The lowest BCUT2D eigenvalue weighted by atomic mass is 9.77. The Morgan fingerprint density at radius 1 is 1.23 bits per heavy atom. The summed E-state index contributed by atoms with van der Waals surface area (Å²) in [6.07, 6.45) is 5.84. The van der Waals surface area contributed by atoms with Crippen molar-refractivity contribution in [3.63, 3.8) is 0 Å². The maximum absolute atomic E-state index is 6.16. The number of allylic oxidation sites excluding steroid dienone is 1. The zero-order chi connectivity index (χ0) is 16.5. The smallest absolute Gasteiger partial charge is 0.495 e. The zero-order valence-electron chi connectivity index (χ0n) is 14.4. The van der Waals surface area contributed by atoms with Gasteiger partial charge in [-0.2, -0.15) is 0 Å². The minimum absolute atomic E-state index is 0.411. The minimum Gasteiger partial charge on any atom is -0.496 e. The van der Waals surface area contributed by atoms with Gasteiger partial charge in [-0.1, -0.05) is 30.4 Å². The molecule has 1 aromatic carbocycles. The predicted octanol–water partition coefficient (Wildman–Crippen LogP) is 3.50. The third kappa shape index (κ3) is 2.73. The van der Waals surface area contributed by atoms with Crippen molar-refractivity contribution in [1.29, 1.82) is 0 Å². The van der Waals surface area contributed by atoms with Gasteiger partial charge < -0.3 is 14.0 Å². The van der Waals surface area contributed by atoms with Crippen molar-refractivity contribution in [3.8, 4) is 5.75 Å². The Balaban J connectivity index is 2.45. The van der Waals surface area contributed by atoms with E-state index in [2.05, 4.69) is 18.7 Å². The van der Waals surface area contributed by atoms with E-state index >= 15 is 0 Å². The molecule has 1 aromatic rings. The third-order valence-electron chi connectivity index (χ3n) is 4.49. The van der Waals surface area contributed by atoms with E-state index in [1.807, 2.05) is 52.8 Å². The summed E-state index contributed by atoms with van der Waals surface area (Å²) in [5.41, 5.74) is 2.12. The molecule has 0 aromatic heterocycles. The molecule has 2 rings (SSSR count). The average Bonchev–Trinajstić information content (AvgIpc) is 2.70. The summed E-state index contributed by atoms with van der Waals surface area (Å²) in [5.74, 6) is 0.880. The second kappa shape index (κ2) is 5.94. The van der Waals surface area contributed by atoms with Crippen molar-refractivity contribution in [2.45, 2.75) is 45.8 Å². The van der Waals surface area contributed by atoms with Gasteiger partial charge in [0, 0.05) is 5.56 Å². The van der Waals surface area contributed by atoms with Crippen LogP contribution in [0.2, 0.25) is 0 Å². The van der Waals surface area contributed by atoms with Gasteiger partial charge in [-0.05, 0) is 45.6 Å². The fraction of sp³-hybridized carbons (Fsp3) is 0.444. The van der Waals surface area contributed by atoms with Gasteiger partial charge in [0.2, 0.25) is 0 Å². The van der Waals surface area contributed by atoms with Crippen LogP contribution in [0.5, 0.6) is 5.75 Å². The van der Waals surface area contributed by atoms with E-state index in [0.717, 1.165) is 22.3 Å². The van der Waals surface area contributed by atoms with Gasteiger partial charge in [0.05, 0.1) is 18.3 Å². The molecule has 1 fully saturated rings. The first-order chi connectivity index (χ1) is 10.3. The van der Waals surface area contributed by atoms with E-state index in [4.69, 9.17) is 14.0 Å². The zero-order valence-corrected chi connectivity index (χ0v) is 14.4. The van der Waals surface area contributed by atoms with Gasteiger partial charge in [-0.25, -0.2) is 0 Å². The van der Waals surface area contributed by atoms with Crippen LogP contribution in [0, 0.1) is 6.92 Å². The first-order valence-electron chi connectivity index (χ1n) is 7.58. The fourth-order valence-electron chi connectivity index (χ4n) is 2.75. The molecule has 118 valence electrons. The van der Waals surface area contributed by atoms with Crippen LogP contribution in [0.15, 0.2) is 30.9 Å². The summed E-state index contributed by atoms with van der Waals surface area (Å²) in [4.78, 5) is 0. The minimum atomic E-state index is -0.522. The van der Waals surface area contributed by atoms with Crippen LogP contribution in [-0.4, -0.2) is 25.4 Å². The molecular formula is C18H25BO3. The fourth-order valence-corrected chi connectivity index (χ4v) is 2.75. The number of aryl methyl sites for hydroxylation is 1. The molecule has 0 aliphatic carbocycles. The van der Waals surface area contributed by atoms with E-state index < -0.39 is 18.3 Å². The summed E-state index contributed by atoms with van der Waals surface area (Å²) in [7, 11) is 1.28. The molecule has 1 heterocycles. The molecular weight excluding hydrogens is 275 g/mol. The molecule has 0 saturated carbocycles. The number of hydrogen-bond donors (Lipinski definition) is 0. The molecule has 4 heteroatoms. The first kappa shape index (κ1) is 16.8. The lowest BCUT2D eigenvalue weighted by Gasteiger charge is -2.33. The lowest BCUT2D eigenvalue weighted by molar-refractivity contribution is 0.0288. The number of rotatable bonds is 4.